The Hall–Kier alpha value is -3.41. The molecule has 0 spiro atoms. The summed E-state index contributed by atoms with van der Waals surface area (Å²) in [4.78, 5) is 38.0. The van der Waals surface area contributed by atoms with Crippen LogP contribution < -0.4 is 0 Å². The van der Waals surface area contributed by atoms with E-state index in [0.717, 1.165) is 64.2 Å². The van der Waals surface area contributed by atoms with E-state index in [4.69, 9.17) is 14.2 Å². The van der Waals surface area contributed by atoms with Gasteiger partial charge in [0.25, 0.3) is 0 Å². The highest BCUT2D eigenvalue weighted by molar-refractivity contribution is 5.71. The van der Waals surface area contributed by atoms with Crippen LogP contribution in [0.1, 0.15) is 258 Å². The van der Waals surface area contributed by atoms with E-state index in [0.29, 0.717) is 19.3 Å². The Kier molecular flexibility index (Phi) is 51.4. The predicted molar refractivity (Wildman–Crippen MR) is 284 cm³/mol. The van der Waals surface area contributed by atoms with Crippen LogP contribution in [0.3, 0.4) is 0 Å². The second-order valence-corrected chi connectivity index (χ2v) is 18.2. The van der Waals surface area contributed by atoms with Gasteiger partial charge in [0.2, 0.25) is 0 Å². The summed E-state index contributed by atoms with van der Waals surface area (Å²) in [5.41, 5.74) is 0. The molecule has 0 rings (SSSR count). The van der Waals surface area contributed by atoms with Crippen LogP contribution in [0.15, 0.2) is 85.1 Å². The van der Waals surface area contributed by atoms with E-state index in [-0.39, 0.29) is 37.5 Å². The zero-order valence-electron chi connectivity index (χ0n) is 43.2. The maximum Gasteiger partial charge on any atom is 0.306 e. The SMILES string of the molecule is CC/C=C/C=C/C=C/C=C/C=C/CCCC(=O)OCC(COC(=O)CCCCCCCCCCCCCCCCCCCC)OC(=O)CCCCCCCCC/C=C/C/C=C/CCCCC. The molecule has 0 aliphatic rings. The highest BCUT2D eigenvalue weighted by atomic mass is 16.6. The van der Waals surface area contributed by atoms with Gasteiger partial charge in [-0.15, -0.1) is 0 Å². The number of unbranched alkanes of at least 4 members (excludes halogenated alkanes) is 28. The van der Waals surface area contributed by atoms with Gasteiger partial charge in [-0.25, -0.2) is 0 Å². The van der Waals surface area contributed by atoms with Crippen LogP contribution in [0.25, 0.3) is 0 Å². The van der Waals surface area contributed by atoms with E-state index < -0.39 is 6.10 Å². The van der Waals surface area contributed by atoms with E-state index >= 15 is 0 Å². The molecule has 0 aliphatic carbocycles. The fourth-order valence-electron chi connectivity index (χ4n) is 7.62. The van der Waals surface area contributed by atoms with Gasteiger partial charge in [0.1, 0.15) is 13.2 Å². The summed E-state index contributed by atoms with van der Waals surface area (Å²) in [7, 11) is 0. The summed E-state index contributed by atoms with van der Waals surface area (Å²) in [5.74, 6) is -0.981. The molecule has 0 saturated heterocycles. The quantitative estimate of drug-likeness (QED) is 0.0199. The number of carbonyl (C=O) groups excluding carboxylic acids is 3. The first-order valence-corrected chi connectivity index (χ1v) is 27.7. The van der Waals surface area contributed by atoms with Crippen molar-refractivity contribution in [1.82, 2.24) is 0 Å². The summed E-state index contributed by atoms with van der Waals surface area (Å²) in [6, 6.07) is 0. The van der Waals surface area contributed by atoms with E-state index in [9.17, 15) is 14.4 Å². The van der Waals surface area contributed by atoms with Gasteiger partial charge in [-0.1, -0.05) is 260 Å². The van der Waals surface area contributed by atoms with Crippen LogP contribution in [0.5, 0.6) is 0 Å². The van der Waals surface area contributed by atoms with Gasteiger partial charge in [0, 0.05) is 19.3 Å². The molecule has 6 heteroatoms. The predicted octanol–water partition coefficient (Wildman–Crippen LogP) is 18.4. The molecule has 0 heterocycles. The Morgan fingerprint density at radius 1 is 0.333 bits per heavy atom. The Morgan fingerprint density at radius 2 is 0.667 bits per heavy atom. The summed E-state index contributed by atoms with van der Waals surface area (Å²) in [5, 5.41) is 0. The lowest BCUT2D eigenvalue weighted by atomic mass is 10.0. The molecule has 0 bridgehead atoms. The van der Waals surface area contributed by atoms with Crippen molar-refractivity contribution in [2.75, 3.05) is 13.2 Å². The van der Waals surface area contributed by atoms with Crippen molar-refractivity contribution in [2.24, 2.45) is 0 Å². The van der Waals surface area contributed by atoms with Gasteiger partial charge in [-0.05, 0) is 64.2 Å². The van der Waals surface area contributed by atoms with Crippen molar-refractivity contribution >= 4 is 17.9 Å². The average molecular weight is 919 g/mol. The molecule has 0 N–H and O–H groups in total. The third kappa shape index (κ3) is 51.6. The molecule has 0 radical (unpaired) electrons. The van der Waals surface area contributed by atoms with Crippen LogP contribution in [0.4, 0.5) is 0 Å². The Morgan fingerprint density at radius 3 is 1.12 bits per heavy atom. The maximum absolute atomic E-state index is 12.8. The monoisotopic (exact) mass is 919 g/mol. The third-order valence-corrected chi connectivity index (χ3v) is 11.8. The van der Waals surface area contributed by atoms with Crippen molar-refractivity contribution in [3.63, 3.8) is 0 Å². The molecule has 66 heavy (non-hydrogen) atoms. The van der Waals surface area contributed by atoms with Gasteiger partial charge >= 0.3 is 17.9 Å². The average Bonchev–Trinajstić information content (AvgIpc) is 3.31. The standard InChI is InChI=1S/C60H102O6/c1-4-7-10-13-16-19-22-25-27-29-31-32-35-38-41-44-47-50-53-59(62)65-56-57(55-64-58(61)52-49-46-43-40-37-34-24-21-18-15-12-9-6-3)66-60(63)54-51-48-45-42-39-36-33-30-28-26-23-20-17-14-11-8-5-2/h9,12,15,17-18,20-21,24,26,28,34,37,40,43,57H,4-8,10-11,13-14,16,19,22-23,25,27,29-33,35-36,38-39,41-42,44-56H2,1-3H3/b12-9+,18-15+,20-17+,24-21+,28-26+,37-34+,43-40+. The minimum absolute atomic E-state index is 0.101. The molecule has 1 unspecified atom stereocenters. The normalized spacial score (nSPS) is 12.7. The van der Waals surface area contributed by atoms with Gasteiger partial charge < -0.3 is 14.2 Å². The highest BCUT2D eigenvalue weighted by Gasteiger charge is 2.19. The molecule has 378 valence electrons. The van der Waals surface area contributed by atoms with Crippen molar-refractivity contribution in [3.05, 3.63) is 85.1 Å². The first kappa shape index (κ1) is 62.6. The molecular weight excluding hydrogens is 817 g/mol. The van der Waals surface area contributed by atoms with Crippen LogP contribution in [0.2, 0.25) is 0 Å². The van der Waals surface area contributed by atoms with Crippen molar-refractivity contribution in [2.45, 2.75) is 264 Å². The number of hydrogen-bond acceptors (Lipinski definition) is 6. The smallest absolute Gasteiger partial charge is 0.306 e. The lowest BCUT2D eigenvalue weighted by Gasteiger charge is -2.18. The summed E-state index contributed by atoms with van der Waals surface area (Å²) < 4.78 is 16.8. The van der Waals surface area contributed by atoms with Crippen LogP contribution in [-0.4, -0.2) is 37.2 Å². The lowest BCUT2D eigenvalue weighted by molar-refractivity contribution is -0.167. The number of carbonyl (C=O) groups is 3. The molecule has 1 atom stereocenters. The van der Waals surface area contributed by atoms with E-state index in [1.807, 2.05) is 54.7 Å². The summed E-state index contributed by atoms with van der Waals surface area (Å²) >= 11 is 0. The number of ether oxygens (including phenoxy) is 3. The topological polar surface area (TPSA) is 78.9 Å². The Labute approximate surface area is 407 Å². The molecule has 0 aromatic heterocycles. The van der Waals surface area contributed by atoms with Gasteiger partial charge in [-0.3, -0.25) is 14.4 Å². The molecule has 0 amide bonds. The van der Waals surface area contributed by atoms with Crippen molar-refractivity contribution in [3.8, 4) is 0 Å². The molecular formula is C60H102O6. The fraction of sp³-hybridized carbons (Fsp3) is 0.717. The second kappa shape index (κ2) is 54.2. The number of rotatable bonds is 49. The molecule has 0 aliphatic heterocycles. The first-order valence-electron chi connectivity index (χ1n) is 27.7. The maximum atomic E-state index is 12.8. The first-order chi connectivity index (χ1) is 32.5. The van der Waals surface area contributed by atoms with Gasteiger partial charge in [-0.2, -0.15) is 0 Å². The van der Waals surface area contributed by atoms with Crippen LogP contribution >= 0.6 is 0 Å². The van der Waals surface area contributed by atoms with Crippen LogP contribution in [0, 0.1) is 0 Å². The van der Waals surface area contributed by atoms with Crippen molar-refractivity contribution < 1.29 is 28.6 Å². The molecule has 0 aromatic carbocycles. The second-order valence-electron chi connectivity index (χ2n) is 18.2. The number of esters is 3. The minimum atomic E-state index is -0.808. The third-order valence-electron chi connectivity index (χ3n) is 11.8. The molecule has 0 saturated carbocycles. The number of allylic oxidation sites excluding steroid dienone is 14. The lowest BCUT2D eigenvalue weighted by Crippen LogP contribution is -2.30. The Balaban J connectivity index is 4.44. The zero-order valence-corrected chi connectivity index (χ0v) is 43.2. The molecule has 6 nitrogen and oxygen atoms in total. The van der Waals surface area contributed by atoms with Crippen molar-refractivity contribution in [1.29, 1.82) is 0 Å². The summed E-state index contributed by atoms with van der Waals surface area (Å²) in [6.07, 6.45) is 70.1. The van der Waals surface area contributed by atoms with Gasteiger partial charge in [0.15, 0.2) is 6.10 Å². The largest absolute Gasteiger partial charge is 0.462 e. The summed E-state index contributed by atoms with van der Waals surface area (Å²) in [6.45, 7) is 6.42. The van der Waals surface area contributed by atoms with Crippen LogP contribution in [-0.2, 0) is 28.6 Å². The van der Waals surface area contributed by atoms with Gasteiger partial charge in [0.05, 0.1) is 0 Å². The van der Waals surface area contributed by atoms with E-state index in [1.54, 1.807) is 0 Å². The zero-order chi connectivity index (χ0) is 47.9. The number of hydrogen-bond donors (Lipinski definition) is 0. The Bertz CT molecular complexity index is 1290. The van der Waals surface area contributed by atoms with E-state index in [2.05, 4.69) is 51.2 Å². The van der Waals surface area contributed by atoms with E-state index in [1.165, 1.54) is 148 Å². The molecule has 0 aromatic rings. The minimum Gasteiger partial charge on any atom is -0.462 e. The molecule has 0 fully saturated rings. The highest BCUT2D eigenvalue weighted by Crippen LogP contribution is 2.16. The fourth-order valence-corrected chi connectivity index (χ4v) is 7.62.